The van der Waals surface area contributed by atoms with E-state index >= 15 is 0 Å². The van der Waals surface area contributed by atoms with E-state index in [2.05, 4.69) is 10.6 Å². The van der Waals surface area contributed by atoms with E-state index in [0.717, 1.165) is 25.9 Å². The fraction of sp³-hybridized carbons (Fsp3) is 0.833. The van der Waals surface area contributed by atoms with Crippen molar-refractivity contribution in [2.75, 3.05) is 26.2 Å². The quantitative estimate of drug-likeness (QED) is 0.528. The molecule has 110 valence electrons. The molecule has 1 saturated heterocycles. The van der Waals surface area contributed by atoms with Crippen molar-refractivity contribution in [2.45, 2.75) is 38.3 Å². The molecule has 0 aromatic heterocycles. The first-order chi connectivity index (χ1) is 9.06. The summed E-state index contributed by atoms with van der Waals surface area (Å²) >= 11 is 0. The van der Waals surface area contributed by atoms with Gasteiger partial charge in [-0.25, -0.2) is 9.59 Å². The van der Waals surface area contributed by atoms with Crippen LogP contribution in [0.3, 0.4) is 0 Å². The first-order valence-electron chi connectivity index (χ1n) is 6.72. The Labute approximate surface area is 113 Å². The second kappa shape index (κ2) is 7.96. The second-order valence-electron chi connectivity index (χ2n) is 4.64. The number of aliphatic hydroxyl groups is 1. The second-order valence-corrected chi connectivity index (χ2v) is 4.64. The molecule has 1 atom stereocenters. The van der Waals surface area contributed by atoms with Gasteiger partial charge in [0, 0.05) is 25.6 Å². The molecular formula is C12H23N3O4. The normalized spacial score (nSPS) is 17.8. The van der Waals surface area contributed by atoms with Crippen LogP contribution in [0, 0.1) is 0 Å². The lowest BCUT2D eigenvalue weighted by Crippen LogP contribution is -2.50. The molecular weight excluding hydrogens is 250 g/mol. The largest absolute Gasteiger partial charge is 0.479 e. The molecule has 1 heterocycles. The number of nitrogens with zero attached hydrogens (tertiary/aromatic N) is 1. The first-order valence-corrected chi connectivity index (χ1v) is 6.72. The van der Waals surface area contributed by atoms with Gasteiger partial charge in [0.15, 0.2) is 6.10 Å². The van der Waals surface area contributed by atoms with Crippen LogP contribution in [-0.4, -0.2) is 65.4 Å². The Kier molecular flexibility index (Phi) is 6.58. The van der Waals surface area contributed by atoms with E-state index in [0.29, 0.717) is 6.54 Å². The van der Waals surface area contributed by atoms with Crippen molar-refractivity contribution in [3.05, 3.63) is 0 Å². The van der Waals surface area contributed by atoms with E-state index < -0.39 is 12.1 Å². The number of hydrogen-bond donors (Lipinski definition) is 4. The van der Waals surface area contributed by atoms with Crippen LogP contribution in [0.5, 0.6) is 0 Å². The lowest BCUT2D eigenvalue weighted by Gasteiger charge is -2.33. The molecule has 0 aromatic rings. The summed E-state index contributed by atoms with van der Waals surface area (Å²) in [4.78, 5) is 24.2. The van der Waals surface area contributed by atoms with Crippen LogP contribution in [0.1, 0.15) is 26.2 Å². The molecule has 7 heteroatoms. The lowest BCUT2D eigenvalue weighted by atomic mass is 10.1. The van der Waals surface area contributed by atoms with Gasteiger partial charge in [0.05, 0.1) is 0 Å². The number of amides is 2. The number of piperidine rings is 1. The number of rotatable bonds is 6. The Bertz CT molecular complexity index is 305. The Hall–Kier alpha value is -1.34. The molecule has 1 fully saturated rings. The Balaban J connectivity index is 2.34. The molecule has 1 aliphatic heterocycles. The molecule has 19 heavy (non-hydrogen) atoms. The van der Waals surface area contributed by atoms with Gasteiger partial charge in [0.2, 0.25) is 0 Å². The summed E-state index contributed by atoms with van der Waals surface area (Å²) in [7, 11) is 0. The fourth-order valence-electron chi connectivity index (χ4n) is 2.23. The van der Waals surface area contributed by atoms with Crippen molar-refractivity contribution in [1.29, 1.82) is 0 Å². The zero-order chi connectivity index (χ0) is 14.3. The van der Waals surface area contributed by atoms with Gasteiger partial charge in [0.1, 0.15) is 0 Å². The third-order valence-corrected chi connectivity index (χ3v) is 3.33. The summed E-state index contributed by atoms with van der Waals surface area (Å²) in [5, 5.41) is 23.5. The Morgan fingerprint density at radius 1 is 1.42 bits per heavy atom. The molecule has 0 bridgehead atoms. The molecule has 7 nitrogen and oxygen atoms in total. The number of carboxylic acids is 1. The van der Waals surface area contributed by atoms with Gasteiger partial charge in [-0.3, -0.25) is 0 Å². The monoisotopic (exact) mass is 273 g/mol. The summed E-state index contributed by atoms with van der Waals surface area (Å²) in [5.74, 6) is -1.26. The van der Waals surface area contributed by atoms with Crippen LogP contribution in [0.15, 0.2) is 0 Å². The maximum Gasteiger partial charge on any atom is 0.332 e. The average Bonchev–Trinajstić information content (AvgIpc) is 2.40. The number of carbonyl (C=O) groups excluding carboxylic acids is 1. The van der Waals surface area contributed by atoms with Crippen LogP contribution >= 0.6 is 0 Å². The summed E-state index contributed by atoms with van der Waals surface area (Å²) in [6.07, 6.45) is 0.456. The standard InChI is InChI=1S/C12H23N3O4/c1-2-15(9-3-6-13-7-4-9)12(19)14-8-5-10(16)11(17)18/h9-10,13,16H,2-8H2,1H3,(H,14,19)(H,17,18). The molecule has 4 N–H and O–H groups in total. The predicted molar refractivity (Wildman–Crippen MR) is 69.9 cm³/mol. The summed E-state index contributed by atoms with van der Waals surface area (Å²) in [6, 6.07) is 0.0441. The number of hydrogen-bond acceptors (Lipinski definition) is 4. The molecule has 1 unspecified atom stereocenters. The number of urea groups is 1. The van der Waals surface area contributed by atoms with Crippen molar-refractivity contribution >= 4 is 12.0 Å². The topological polar surface area (TPSA) is 102 Å². The van der Waals surface area contributed by atoms with Crippen molar-refractivity contribution in [1.82, 2.24) is 15.5 Å². The van der Waals surface area contributed by atoms with Gasteiger partial charge >= 0.3 is 12.0 Å². The van der Waals surface area contributed by atoms with Gasteiger partial charge in [-0.1, -0.05) is 0 Å². The van der Waals surface area contributed by atoms with Gasteiger partial charge in [-0.2, -0.15) is 0 Å². The summed E-state index contributed by atoms with van der Waals surface area (Å²) < 4.78 is 0. The first kappa shape index (κ1) is 15.7. The van der Waals surface area contributed by atoms with E-state index in [1.54, 1.807) is 4.90 Å². The van der Waals surface area contributed by atoms with E-state index in [1.807, 2.05) is 6.92 Å². The van der Waals surface area contributed by atoms with Gasteiger partial charge in [-0.05, 0) is 32.9 Å². The molecule has 0 aliphatic carbocycles. The highest BCUT2D eigenvalue weighted by molar-refractivity contribution is 5.75. The van der Waals surface area contributed by atoms with E-state index in [9.17, 15) is 9.59 Å². The van der Waals surface area contributed by atoms with Gasteiger partial charge < -0.3 is 25.7 Å². The molecule has 0 aromatic carbocycles. The number of carboxylic acid groups (broad SMARTS) is 1. The van der Waals surface area contributed by atoms with Crippen molar-refractivity contribution in [3.63, 3.8) is 0 Å². The maximum atomic E-state index is 12.0. The summed E-state index contributed by atoms with van der Waals surface area (Å²) in [5.41, 5.74) is 0. The molecule has 0 radical (unpaired) electrons. The van der Waals surface area contributed by atoms with Gasteiger partial charge in [-0.15, -0.1) is 0 Å². The van der Waals surface area contributed by atoms with Crippen molar-refractivity contribution in [3.8, 4) is 0 Å². The number of nitrogens with one attached hydrogen (secondary N) is 2. The third-order valence-electron chi connectivity index (χ3n) is 3.33. The number of carbonyl (C=O) groups is 2. The minimum atomic E-state index is -1.42. The highest BCUT2D eigenvalue weighted by Crippen LogP contribution is 2.11. The summed E-state index contributed by atoms with van der Waals surface area (Å²) in [6.45, 7) is 4.53. The van der Waals surface area contributed by atoms with Crippen LogP contribution in [-0.2, 0) is 4.79 Å². The smallest absolute Gasteiger partial charge is 0.332 e. The Morgan fingerprint density at radius 3 is 2.58 bits per heavy atom. The number of aliphatic carboxylic acids is 1. The van der Waals surface area contributed by atoms with E-state index in [1.165, 1.54) is 0 Å². The average molecular weight is 273 g/mol. The molecule has 2 amide bonds. The molecule has 1 rings (SSSR count). The minimum Gasteiger partial charge on any atom is -0.479 e. The molecule has 1 aliphatic rings. The predicted octanol–water partition coefficient (Wildman–Crippen LogP) is -0.394. The molecule has 0 saturated carbocycles. The van der Waals surface area contributed by atoms with Gasteiger partial charge in [0.25, 0.3) is 0 Å². The highest BCUT2D eigenvalue weighted by Gasteiger charge is 2.24. The maximum absolute atomic E-state index is 12.0. The lowest BCUT2D eigenvalue weighted by molar-refractivity contribution is -0.146. The zero-order valence-electron chi connectivity index (χ0n) is 11.3. The highest BCUT2D eigenvalue weighted by atomic mass is 16.4. The fourth-order valence-corrected chi connectivity index (χ4v) is 2.23. The Morgan fingerprint density at radius 2 is 2.05 bits per heavy atom. The van der Waals surface area contributed by atoms with Crippen molar-refractivity contribution < 1.29 is 19.8 Å². The zero-order valence-corrected chi connectivity index (χ0v) is 11.3. The van der Waals surface area contributed by atoms with Crippen LogP contribution in [0.4, 0.5) is 4.79 Å². The van der Waals surface area contributed by atoms with Crippen LogP contribution < -0.4 is 10.6 Å². The van der Waals surface area contributed by atoms with E-state index in [4.69, 9.17) is 10.2 Å². The van der Waals surface area contributed by atoms with Crippen LogP contribution in [0.2, 0.25) is 0 Å². The minimum absolute atomic E-state index is 0.0187. The van der Waals surface area contributed by atoms with E-state index in [-0.39, 0.29) is 25.0 Å². The third kappa shape index (κ3) is 5.04. The molecule has 0 spiro atoms. The van der Waals surface area contributed by atoms with Crippen LogP contribution in [0.25, 0.3) is 0 Å². The number of aliphatic hydroxyl groups excluding tert-OH is 1. The van der Waals surface area contributed by atoms with Crippen molar-refractivity contribution in [2.24, 2.45) is 0 Å². The SMILES string of the molecule is CCN(C(=O)NCCC(O)C(=O)O)C1CCNCC1.